The topological polar surface area (TPSA) is 87.5 Å². The number of likely N-dealkylation sites (tertiary alicyclic amines) is 1. The Hall–Kier alpha value is -1.14. The molecule has 6 nitrogen and oxygen atoms in total. The Morgan fingerprint density at radius 1 is 1.42 bits per heavy atom. The molecule has 3 amide bonds. The molecule has 0 aromatic carbocycles. The van der Waals surface area contributed by atoms with Gasteiger partial charge < -0.3 is 11.1 Å². The van der Waals surface area contributed by atoms with Crippen LogP contribution < -0.4 is 16.4 Å². The lowest BCUT2D eigenvalue weighted by molar-refractivity contribution is -0.122. The molecule has 1 atom stereocenters. The van der Waals surface area contributed by atoms with Gasteiger partial charge in [0.1, 0.15) is 0 Å². The summed E-state index contributed by atoms with van der Waals surface area (Å²) >= 11 is 0. The average Bonchev–Trinajstić information content (AvgIpc) is 2.30. The van der Waals surface area contributed by atoms with E-state index in [-0.39, 0.29) is 23.9 Å². The van der Waals surface area contributed by atoms with Gasteiger partial charge >= 0.3 is 6.03 Å². The second-order valence-corrected chi connectivity index (χ2v) is 5.90. The second-order valence-electron chi connectivity index (χ2n) is 5.90. The first-order valence-electron chi connectivity index (χ1n) is 6.90. The van der Waals surface area contributed by atoms with E-state index in [1.807, 2.05) is 11.8 Å². The van der Waals surface area contributed by atoms with Crippen molar-refractivity contribution in [2.24, 2.45) is 11.1 Å². The summed E-state index contributed by atoms with van der Waals surface area (Å²) < 4.78 is 0. The summed E-state index contributed by atoms with van der Waals surface area (Å²) in [4.78, 5) is 25.1. The van der Waals surface area contributed by atoms with Gasteiger partial charge in [0.25, 0.3) is 0 Å². The van der Waals surface area contributed by atoms with E-state index in [9.17, 15) is 9.59 Å². The SMILES string of the molecule is CCCNC(=O)NC(=O)CN1CCC(N)C(C)(C)C1. The van der Waals surface area contributed by atoms with E-state index in [2.05, 4.69) is 24.5 Å². The summed E-state index contributed by atoms with van der Waals surface area (Å²) in [7, 11) is 0. The normalized spacial score (nSPS) is 22.8. The maximum atomic E-state index is 11.7. The molecule has 0 radical (unpaired) electrons. The summed E-state index contributed by atoms with van der Waals surface area (Å²) in [5.41, 5.74) is 6.05. The molecule has 19 heavy (non-hydrogen) atoms. The predicted octanol–water partition coefficient (Wildman–Crippen LogP) is 0.281. The van der Waals surface area contributed by atoms with Crippen LogP contribution in [0, 0.1) is 5.41 Å². The number of hydrogen-bond acceptors (Lipinski definition) is 4. The van der Waals surface area contributed by atoms with E-state index in [1.165, 1.54) is 0 Å². The van der Waals surface area contributed by atoms with E-state index < -0.39 is 6.03 Å². The molecule has 0 spiro atoms. The lowest BCUT2D eigenvalue weighted by Gasteiger charge is -2.42. The maximum absolute atomic E-state index is 11.7. The first kappa shape index (κ1) is 15.9. The Labute approximate surface area is 115 Å². The summed E-state index contributed by atoms with van der Waals surface area (Å²) in [6.45, 7) is 8.57. The Balaban J connectivity index is 2.35. The van der Waals surface area contributed by atoms with Crippen molar-refractivity contribution in [1.29, 1.82) is 0 Å². The minimum absolute atomic E-state index is 0.00298. The molecule has 1 rings (SSSR count). The lowest BCUT2D eigenvalue weighted by atomic mass is 9.80. The molecule has 110 valence electrons. The zero-order valence-corrected chi connectivity index (χ0v) is 12.2. The highest BCUT2D eigenvalue weighted by molar-refractivity contribution is 5.95. The number of imide groups is 1. The quantitative estimate of drug-likeness (QED) is 0.685. The highest BCUT2D eigenvalue weighted by atomic mass is 16.2. The van der Waals surface area contributed by atoms with Crippen LogP contribution in [-0.4, -0.2) is 49.1 Å². The number of amides is 3. The molecule has 6 heteroatoms. The van der Waals surface area contributed by atoms with Crippen LogP contribution in [0.4, 0.5) is 4.79 Å². The first-order chi connectivity index (χ1) is 8.85. The van der Waals surface area contributed by atoms with Crippen LogP contribution in [0.2, 0.25) is 0 Å². The molecule has 1 saturated heterocycles. The third-order valence-electron chi connectivity index (χ3n) is 3.55. The molecule has 1 aliphatic heterocycles. The minimum atomic E-state index is -0.417. The Kier molecular flexibility index (Phi) is 5.75. The van der Waals surface area contributed by atoms with Crippen molar-refractivity contribution in [2.75, 3.05) is 26.2 Å². The summed E-state index contributed by atoms with van der Waals surface area (Å²) in [5, 5.41) is 4.95. The number of nitrogens with zero attached hydrogens (tertiary/aromatic N) is 1. The van der Waals surface area contributed by atoms with Crippen LogP contribution in [0.15, 0.2) is 0 Å². The second kappa shape index (κ2) is 6.86. The number of carbonyl (C=O) groups is 2. The number of hydrogen-bond donors (Lipinski definition) is 3. The van der Waals surface area contributed by atoms with E-state index in [4.69, 9.17) is 5.73 Å². The molecular formula is C13H26N4O2. The zero-order valence-electron chi connectivity index (χ0n) is 12.2. The fourth-order valence-electron chi connectivity index (χ4n) is 2.27. The monoisotopic (exact) mass is 270 g/mol. The van der Waals surface area contributed by atoms with Crippen LogP contribution in [0.3, 0.4) is 0 Å². The molecule has 0 bridgehead atoms. The largest absolute Gasteiger partial charge is 0.338 e. The first-order valence-corrected chi connectivity index (χ1v) is 6.90. The smallest absolute Gasteiger partial charge is 0.321 e. The maximum Gasteiger partial charge on any atom is 0.321 e. The van der Waals surface area contributed by atoms with Gasteiger partial charge in [0.05, 0.1) is 6.54 Å². The molecule has 0 aromatic rings. The van der Waals surface area contributed by atoms with Crippen LogP contribution in [-0.2, 0) is 4.79 Å². The summed E-state index contributed by atoms with van der Waals surface area (Å²) in [5.74, 6) is -0.264. The number of nitrogens with two attached hydrogens (primary N) is 1. The number of carbonyl (C=O) groups excluding carboxylic acids is 2. The summed E-state index contributed by atoms with van der Waals surface area (Å²) in [6.07, 6.45) is 1.72. The third-order valence-corrected chi connectivity index (χ3v) is 3.55. The average molecular weight is 270 g/mol. The predicted molar refractivity (Wildman–Crippen MR) is 74.6 cm³/mol. The van der Waals surface area contributed by atoms with Gasteiger partial charge in [0.15, 0.2) is 0 Å². The van der Waals surface area contributed by atoms with Crippen molar-refractivity contribution < 1.29 is 9.59 Å². The standard InChI is InChI=1S/C13H26N4O2/c1-4-6-15-12(19)16-11(18)8-17-7-5-10(14)13(2,3)9-17/h10H,4-9,14H2,1-3H3,(H2,15,16,18,19). The van der Waals surface area contributed by atoms with Crippen LogP contribution in [0.25, 0.3) is 0 Å². The third kappa shape index (κ3) is 5.16. The van der Waals surface area contributed by atoms with Crippen LogP contribution in [0.1, 0.15) is 33.6 Å². The van der Waals surface area contributed by atoms with Gasteiger partial charge in [-0.15, -0.1) is 0 Å². The van der Waals surface area contributed by atoms with Gasteiger partial charge in [-0.05, 0) is 18.3 Å². The van der Waals surface area contributed by atoms with Gasteiger partial charge in [0, 0.05) is 25.7 Å². The van der Waals surface area contributed by atoms with E-state index in [0.717, 1.165) is 25.9 Å². The molecule has 4 N–H and O–H groups in total. The van der Waals surface area contributed by atoms with E-state index in [0.29, 0.717) is 6.54 Å². The van der Waals surface area contributed by atoms with Gasteiger partial charge in [0.2, 0.25) is 5.91 Å². The molecule has 1 heterocycles. The molecule has 0 aromatic heterocycles. The molecule has 0 aliphatic carbocycles. The Bertz CT molecular complexity index is 331. The molecule has 1 fully saturated rings. The van der Waals surface area contributed by atoms with Gasteiger partial charge in [-0.25, -0.2) is 4.79 Å². The summed E-state index contributed by atoms with van der Waals surface area (Å²) in [6, 6.07) is -0.250. The van der Waals surface area contributed by atoms with Gasteiger partial charge in [-0.1, -0.05) is 20.8 Å². The van der Waals surface area contributed by atoms with E-state index in [1.54, 1.807) is 0 Å². The molecular weight excluding hydrogens is 244 g/mol. The fraction of sp³-hybridized carbons (Fsp3) is 0.846. The Morgan fingerprint density at radius 3 is 2.68 bits per heavy atom. The van der Waals surface area contributed by atoms with Crippen molar-refractivity contribution in [1.82, 2.24) is 15.5 Å². The lowest BCUT2D eigenvalue weighted by Crippen LogP contribution is -2.54. The van der Waals surface area contributed by atoms with Crippen LogP contribution >= 0.6 is 0 Å². The van der Waals surface area contributed by atoms with Crippen molar-refractivity contribution in [3.8, 4) is 0 Å². The molecule has 1 aliphatic rings. The van der Waals surface area contributed by atoms with Gasteiger partial charge in [-0.3, -0.25) is 15.0 Å². The van der Waals surface area contributed by atoms with Crippen LogP contribution in [0.5, 0.6) is 0 Å². The number of piperidine rings is 1. The highest BCUT2D eigenvalue weighted by Gasteiger charge is 2.33. The Morgan fingerprint density at radius 2 is 2.11 bits per heavy atom. The van der Waals surface area contributed by atoms with Crippen molar-refractivity contribution in [3.63, 3.8) is 0 Å². The molecule has 1 unspecified atom stereocenters. The highest BCUT2D eigenvalue weighted by Crippen LogP contribution is 2.27. The van der Waals surface area contributed by atoms with Crippen molar-refractivity contribution in [2.45, 2.75) is 39.7 Å². The number of rotatable bonds is 4. The van der Waals surface area contributed by atoms with Crippen molar-refractivity contribution in [3.05, 3.63) is 0 Å². The number of urea groups is 1. The van der Waals surface area contributed by atoms with Crippen molar-refractivity contribution >= 4 is 11.9 Å². The fourth-order valence-corrected chi connectivity index (χ4v) is 2.27. The van der Waals surface area contributed by atoms with E-state index >= 15 is 0 Å². The number of nitrogens with one attached hydrogen (secondary N) is 2. The minimum Gasteiger partial charge on any atom is -0.338 e. The molecule has 0 saturated carbocycles. The van der Waals surface area contributed by atoms with Gasteiger partial charge in [-0.2, -0.15) is 0 Å². The zero-order chi connectivity index (χ0) is 14.5.